The van der Waals surface area contributed by atoms with Crippen molar-refractivity contribution in [2.24, 2.45) is 0 Å². The maximum atomic E-state index is 12.0. The number of aryl methyl sites for hydroxylation is 2. The quantitative estimate of drug-likeness (QED) is 0.495. The van der Waals surface area contributed by atoms with Crippen LogP contribution in [-0.2, 0) is 20.4 Å². The molecule has 156 valence electrons. The van der Waals surface area contributed by atoms with Gasteiger partial charge < -0.3 is 19.5 Å². The number of nitrogens with one attached hydrogen (secondary N) is 1. The van der Waals surface area contributed by atoms with Crippen LogP contribution in [0.15, 0.2) is 34.0 Å². The van der Waals surface area contributed by atoms with Crippen molar-refractivity contribution in [3.63, 3.8) is 0 Å². The van der Waals surface area contributed by atoms with Gasteiger partial charge in [-0.05, 0) is 32.8 Å². The summed E-state index contributed by atoms with van der Waals surface area (Å²) in [4.78, 5) is 25.7. The minimum absolute atomic E-state index is 0.210. The van der Waals surface area contributed by atoms with Crippen LogP contribution in [0, 0.1) is 13.8 Å². The zero-order valence-corrected chi connectivity index (χ0v) is 16.7. The van der Waals surface area contributed by atoms with Gasteiger partial charge in [-0.1, -0.05) is 17.7 Å². The Hall–Kier alpha value is -2.07. The number of hydrogen-bond donors (Lipinski definition) is 3. The van der Waals surface area contributed by atoms with Crippen molar-refractivity contribution in [2.45, 2.75) is 51.6 Å². The van der Waals surface area contributed by atoms with Gasteiger partial charge in [0.15, 0.2) is 0 Å². The summed E-state index contributed by atoms with van der Waals surface area (Å²) in [6, 6.07) is 5.56. The number of ether oxygens (including phenoxy) is 1. The number of aliphatic hydroxyl groups is 2. The first kappa shape index (κ1) is 20.2. The Morgan fingerprint density at radius 2 is 2.07 bits per heavy atom. The zero-order valence-electron chi connectivity index (χ0n) is 15.8. The number of nitrogens with zero attached hydrogens (tertiary/aromatic N) is 1. The van der Waals surface area contributed by atoms with Crippen LogP contribution in [0.25, 0.3) is 0 Å². The molecular weight excluding hydrogens is 403 g/mol. The summed E-state index contributed by atoms with van der Waals surface area (Å²) in [5.74, 6) is -2.12. The third-order valence-corrected chi connectivity index (χ3v) is 5.90. The van der Waals surface area contributed by atoms with E-state index in [0.29, 0.717) is 17.7 Å². The lowest BCUT2D eigenvalue weighted by Gasteiger charge is -2.32. The summed E-state index contributed by atoms with van der Waals surface area (Å²) in [7, 11) is -2.05. The Bertz CT molecular complexity index is 1030. The highest BCUT2D eigenvalue weighted by Gasteiger charge is 2.47. The molecule has 3 atom stereocenters. The number of fused-ring (bicyclic) bond motifs is 1. The molecule has 4 rings (SSSR count). The lowest BCUT2D eigenvalue weighted by molar-refractivity contribution is -0.346. The predicted molar refractivity (Wildman–Crippen MR) is 101 cm³/mol. The largest absolute Gasteiger partial charge is 0.426 e. The van der Waals surface area contributed by atoms with Crippen molar-refractivity contribution < 1.29 is 28.5 Å². The molecule has 0 radical (unpaired) electrons. The second-order valence-corrected chi connectivity index (χ2v) is 8.16. The minimum atomic E-state index is -2.68. The number of H-pyrrole nitrogens is 1. The Kier molecular flexibility index (Phi) is 5.32. The molecule has 1 aromatic carbocycles. The first-order valence-corrected chi connectivity index (χ1v) is 10.1. The van der Waals surface area contributed by atoms with Crippen LogP contribution < -0.4 is 15.8 Å². The second-order valence-electron chi connectivity index (χ2n) is 7.08. The fourth-order valence-electron chi connectivity index (χ4n) is 3.25. The molecule has 0 aliphatic carbocycles. The summed E-state index contributed by atoms with van der Waals surface area (Å²) < 4.78 is 23.2. The number of rotatable bonds is 4. The number of benzene rings is 1. The minimum Gasteiger partial charge on any atom is -0.426 e. The summed E-state index contributed by atoms with van der Waals surface area (Å²) in [6.45, 7) is 3.73. The van der Waals surface area contributed by atoms with Crippen molar-refractivity contribution >= 4 is 8.60 Å². The van der Waals surface area contributed by atoms with Gasteiger partial charge in [-0.2, -0.15) is 0 Å². The van der Waals surface area contributed by atoms with Crippen LogP contribution in [0.4, 0.5) is 0 Å². The molecule has 2 aliphatic rings. The molecule has 0 bridgehead atoms. The highest BCUT2D eigenvalue weighted by molar-refractivity contribution is 7.42. The molecule has 3 unspecified atom stereocenters. The molecule has 10 nitrogen and oxygen atoms in total. The van der Waals surface area contributed by atoms with Crippen LogP contribution in [0.1, 0.15) is 35.8 Å². The highest BCUT2D eigenvalue weighted by atomic mass is 31.2. The SMILES string of the molecule is Cc1ccc2c(c1)COP(OC(O)(O)C1CCC(n3cc(C)c(=O)[nH]c3=O)O1)O2. The lowest BCUT2D eigenvalue weighted by Crippen LogP contribution is -2.44. The van der Waals surface area contributed by atoms with Gasteiger partial charge in [-0.25, -0.2) is 9.32 Å². The molecular formula is C18H21N2O8P. The van der Waals surface area contributed by atoms with Crippen LogP contribution in [0.3, 0.4) is 0 Å². The van der Waals surface area contributed by atoms with Gasteiger partial charge in [-0.15, -0.1) is 0 Å². The van der Waals surface area contributed by atoms with Gasteiger partial charge in [0.25, 0.3) is 5.56 Å². The summed E-state index contributed by atoms with van der Waals surface area (Å²) in [6.07, 6.45) is 0.00314. The molecule has 29 heavy (non-hydrogen) atoms. The van der Waals surface area contributed by atoms with Gasteiger partial charge >= 0.3 is 20.3 Å². The van der Waals surface area contributed by atoms with E-state index in [-0.39, 0.29) is 13.0 Å². The van der Waals surface area contributed by atoms with Gasteiger partial charge in [-0.3, -0.25) is 18.9 Å². The molecule has 1 fully saturated rings. The van der Waals surface area contributed by atoms with E-state index in [2.05, 4.69) is 4.98 Å². The molecule has 3 heterocycles. The van der Waals surface area contributed by atoms with Gasteiger partial charge in [0, 0.05) is 17.3 Å². The average Bonchev–Trinajstić information content (AvgIpc) is 3.15. The molecule has 11 heteroatoms. The molecule has 1 aromatic heterocycles. The summed E-state index contributed by atoms with van der Waals surface area (Å²) in [5.41, 5.74) is 1.13. The smallest absolute Gasteiger partial charge is 0.402 e. The maximum Gasteiger partial charge on any atom is 0.402 e. The van der Waals surface area contributed by atoms with Crippen LogP contribution in [0.2, 0.25) is 0 Å². The Labute approximate surface area is 166 Å². The topological polar surface area (TPSA) is 132 Å². The molecule has 0 saturated carbocycles. The number of aromatic nitrogens is 2. The monoisotopic (exact) mass is 424 g/mol. The van der Waals surface area contributed by atoms with Gasteiger partial charge in [0.05, 0.1) is 6.61 Å². The fraction of sp³-hybridized carbons (Fsp3) is 0.444. The van der Waals surface area contributed by atoms with E-state index >= 15 is 0 Å². The normalized spacial score (nSPS) is 24.2. The Balaban J connectivity index is 1.44. The van der Waals surface area contributed by atoms with Crippen LogP contribution in [0.5, 0.6) is 5.75 Å². The third kappa shape index (κ3) is 4.13. The van der Waals surface area contributed by atoms with E-state index in [1.54, 1.807) is 13.0 Å². The molecule has 3 N–H and O–H groups in total. The number of hydrogen-bond acceptors (Lipinski definition) is 8. The van der Waals surface area contributed by atoms with E-state index < -0.39 is 38.2 Å². The van der Waals surface area contributed by atoms with Crippen LogP contribution in [-0.4, -0.2) is 31.8 Å². The first-order valence-electron chi connectivity index (χ1n) is 9.05. The van der Waals surface area contributed by atoms with E-state index in [0.717, 1.165) is 11.1 Å². The fourth-order valence-corrected chi connectivity index (χ4v) is 4.32. The second kappa shape index (κ2) is 7.64. The van der Waals surface area contributed by atoms with Crippen molar-refractivity contribution in [3.8, 4) is 5.75 Å². The molecule has 0 amide bonds. The lowest BCUT2D eigenvalue weighted by atomic mass is 10.1. The van der Waals surface area contributed by atoms with E-state index in [9.17, 15) is 19.8 Å². The van der Waals surface area contributed by atoms with Crippen molar-refractivity contribution in [1.82, 2.24) is 9.55 Å². The first-order chi connectivity index (χ1) is 13.7. The van der Waals surface area contributed by atoms with E-state index in [4.69, 9.17) is 18.3 Å². The van der Waals surface area contributed by atoms with E-state index in [1.165, 1.54) is 10.8 Å². The summed E-state index contributed by atoms with van der Waals surface area (Å²) in [5, 5.41) is 20.8. The molecule has 2 aliphatic heterocycles. The molecule has 1 saturated heterocycles. The zero-order chi connectivity index (χ0) is 20.8. The van der Waals surface area contributed by atoms with Crippen LogP contribution >= 0.6 is 8.60 Å². The van der Waals surface area contributed by atoms with Gasteiger partial charge in [0.2, 0.25) is 0 Å². The van der Waals surface area contributed by atoms with Crippen molar-refractivity contribution in [1.29, 1.82) is 0 Å². The molecule has 0 spiro atoms. The average molecular weight is 424 g/mol. The van der Waals surface area contributed by atoms with E-state index in [1.807, 2.05) is 19.1 Å². The Morgan fingerprint density at radius 3 is 2.86 bits per heavy atom. The number of aromatic amines is 1. The molecule has 2 aromatic rings. The summed E-state index contributed by atoms with van der Waals surface area (Å²) >= 11 is 0. The van der Waals surface area contributed by atoms with Crippen molar-refractivity contribution in [3.05, 3.63) is 61.9 Å². The Morgan fingerprint density at radius 1 is 1.28 bits per heavy atom. The predicted octanol–water partition coefficient (Wildman–Crippen LogP) is 1.32. The van der Waals surface area contributed by atoms with Gasteiger partial charge in [0.1, 0.15) is 18.1 Å². The third-order valence-electron chi connectivity index (χ3n) is 4.80. The van der Waals surface area contributed by atoms with Crippen molar-refractivity contribution in [2.75, 3.05) is 0 Å². The highest BCUT2D eigenvalue weighted by Crippen LogP contribution is 2.50. The standard InChI is InChI=1S/C18H21N2O8P/c1-10-3-4-13-12(7-10)9-25-29(27-13)28-18(23,24)14-5-6-15(26-14)20-8-11(2)16(21)19-17(20)22/h3-4,7-8,14-15,23-24H,5-6,9H2,1-2H3,(H,19,21,22). The maximum absolute atomic E-state index is 12.0.